The number of methoxy groups -OCH3 is 1. The maximum Gasteiger partial charge on any atom is 0.488 e. The monoisotopic (exact) mass is 736 g/mol. The van der Waals surface area contributed by atoms with Crippen molar-refractivity contribution in [2.75, 3.05) is 16.9 Å². The van der Waals surface area contributed by atoms with Crippen LogP contribution in [0.1, 0.15) is 29.9 Å². The number of allylic oxidation sites excluding steroid dienone is 2. The largest absolute Gasteiger partial charge is 0.503 e. The van der Waals surface area contributed by atoms with Crippen LogP contribution >= 0.6 is 23.2 Å². The highest BCUT2D eigenvalue weighted by Gasteiger charge is 2.70. The number of amides is 4. The van der Waals surface area contributed by atoms with E-state index in [0.29, 0.717) is 27.4 Å². The van der Waals surface area contributed by atoms with Gasteiger partial charge < -0.3 is 19.9 Å². The normalized spacial score (nSPS) is 26.6. The summed E-state index contributed by atoms with van der Waals surface area (Å²) >= 11 is 13.0. The van der Waals surface area contributed by atoms with Gasteiger partial charge in [0.1, 0.15) is 0 Å². The van der Waals surface area contributed by atoms with E-state index in [2.05, 4.69) is 0 Å². The highest BCUT2D eigenvalue weighted by atomic mass is 35.5. The van der Waals surface area contributed by atoms with Gasteiger partial charge in [-0.05, 0) is 77.8 Å². The Kier molecular flexibility index (Phi) is 8.30. The molecule has 4 aromatic rings. The number of carbonyl (C=O) groups excluding carboxylic acids is 4. The van der Waals surface area contributed by atoms with Crippen LogP contribution in [-0.2, 0) is 24.6 Å². The SMILES string of the molecule is COc1cc([C@H]2C3=CC[C@@H]4C(=O)N(c5cccc(B(O)O)c5)C(=O)[C@@H]4[C@@H]3C[C@H]3C(=O)N(c4cccc(Cl)c4)C(=O)[C@@]23c2ccccc2)cc(Cl)c1O. The molecule has 4 amide bonds. The summed E-state index contributed by atoms with van der Waals surface area (Å²) in [6.45, 7) is 0. The molecule has 2 aliphatic carbocycles. The second kappa shape index (κ2) is 12.6. The molecule has 3 N–H and O–H groups in total. The standard InChI is InChI=1S/C39H31BCl2N2O8/c1-52-31-16-20(15-30(42)34(31)45)33-26-13-14-27-32(37(48)43(35(27)46)24-11-5-9-22(17-24)40(50)51)28(26)19-29-36(47)44(25-12-6-10-23(41)18-25)38(49)39(29,33)21-7-3-2-4-8-21/h2-13,15-18,27-29,32-33,45,50-51H,14,19H2,1H3/t27-,28+,29-,32-,33-,39+/m0/s1. The average molecular weight is 737 g/mol. The fourth-order valence-electron chi connectivity index (χ4n) is 9.11. The molecule has 1 saturated carbocycles. The third-order valence-corrected chi connectivity index (χ3v) is 11.7. The van der Waals surface area contributed by atoms with Crippen LogP contribution in [0.3, 0.4) is 0 Å². The second-order valence-electron chi connectivity index (χ2n) is 13.6. The Balaban J connectivity index is 1.36. The molecule has 4 aliphatic rings. The number of nitrogens with zero attached hydrogens (tertiary/aromatic N) is 2. The predicted molar refractivity (Wildman–Crippen MR) is 195 cm³/mol. The minimum atomic E-state index is -1.81. The minimum absolute atomic E-state index is 0.0294. The number of imide groups is 2. The number of hydrogen-bond donors (Lipinski definition) is 3. The highest BCUT2D eigenvalue weighted by molar-refractivity contribution is 6.58. The number of hydrogen-bond acceptors (Lipinski definition) is 8. The van der Waals surface area contributed by atoms with Crippen molar-refractivity contribution in [1.82, 2.24) is 0 Å². The van der Waals surface area contributed by atoms with E-state index in [1.165, 1.54) is 30.2 Å². The third kappa shape index (κ3) is 4.87. The summed E-state index contributed by atoms with van der Waals surface area (Å²) < 4.78 is 5.51. The molecule has 6 atom stereocenters. The summed E-state index contributed by atoms with van der Waals surface area (Å²) in [5.41, 5.74) is 0.831. The van der Waals surface area contributed by atoms with Crippen LogP contribution in [-0.4, -0.2) is 53.0 Å². The van der Waals surface area contributed by atoms with E-state index in [4.69, 9.17) is 27.9 Å². The van der Waals surface area contributed by atoms with Crippen molar-refractivity contribution < 1.29 is 39.1 Å². The van der Waals surface area contributed by atoms with Gasteiger partial charge in [0.15, 0.2) is 11.5 Å². The summed E-state index contributed by atoms with van der Waals surface area (Å²) in [4.78, 5) is 61.1. The first-order chi connectivity index (χ1) is 25.0. The quantitative estimate of drug-likeness (QED) is 0.146. The van der Waals surface area contributed by atoms with Crippen LogP contribution < -0.4 is 20.0 Å². The van der Waals surface area contributed by atoms with Crippen LogP contribution in [0.4, 0.5) is 11.4 Å². The molecule has 0 radical (unpaired) electrons. The number of carbonyl (C=O) groups is 4. The van der Waals surface area contributed by atoms with Crippen LogP contribution in [0.25, 0.3) is 0 Å². The zero-order valence-corrected chi connectivity index (χ0v) is 29.2. The number of phenols is 1. The fraction of sp³-hybridized carbons (Fsp3) is 0.231. The number of rotatable bonds is 6. The number of fused-ring (bicyclic) bond motifs is 4. The van der Waals surface area contributed by atoms with Crippen molar-refractivity contribution in [1.29, 1.82) is 0 Å². The Morgan fingerprint density at radius 3 is 2.21 bits per heavy atom. The molecule has 8 rings (SSSR count). The van der Waals surface area contributed by atoms with Gasteiger partial charge in [-0.15, -0.1) is 0 Å². The lowest BCUT2D eigenvalue weighted by Gasteiger charge is -2.50. The van der Waals surface area contributed by atoms with E-state index in [-0.39, 0.29) is 40.5 Å². The predicted octanol–water partition coefficient (Wildman–Crippen LogP) is 4.75. The molecule has 0 spiro atoms. The number of anilines is 2. The Hall–Kier alpha value is -4.94. The lowest BCUT2D eigenvalue weighted by atomic mass is 9.49. The van der Waals surface area contributed by atoms with Crippen molar-refractivity contribution in [3.05, 3.63) is 124 Å². The molecule has 0 unspecified atom stereocenters. The number of aromatic hydroxyl groups is 1. The van der Waals surface area contributed by atoms with Crippen LogP contribution in [0, 0.1) is 23.7 Å². The summed E-state index contributed by atoms with van der Waals surface area (Å²) in [6.07, 6.45) is 2.16. The maximum absolute atomic E-state index is 15.4. The molecule has 2 aliphatic heterocycles. The van der Waals surface area contributed by atoms with Crippen molar-refractivity contribution in [3.8, 4) is 11.5 Å². The Morgan fingerprint density at radius 2 is 1.52 bits per heavy atom. The average Bonchev–Trinajstić information content (AvgIpc) is 3.53. The van der Waals surface area contributed by atoms with Crippen molar-refractivity contribution in [2.45, 2.75) is 24.2 Å². The van der Waals surface area contributed by atoms with Crippen molar-refractivity contribution in [3.63, 3.8) is 0 Å². The summed E-state index contributed by atoms with van der Waals surface area (Å²) in [7, 11) is -0.428. The van der Waals surface area contributed by atoms with E-state index in [1.54, 1.807) is 54.6 Å². The van der Waals surface area contributed by atoms with Gasteiger partial charge in [0.2, 0.25) is 23.6 Å². The topological polar surface area (TPSA) is 145 Å². The smallest absolute Gasteiger partial charge is 0.488 e. The molecule has 262 valence electrons. The molecule has 13 heteroatoms. The summed E-state index contributed by atoms with van der Waals surface area (Å²) in [5.74, 6) is -6.31. The molecule has 4 aromatic carbocycles. The second-order valence-corrected chi connectivity index (χ2v) is 14.5. The molecule has 0 bridgehead atoms. The van der Waals surface area contributed by atoms with Gasteiger partial charge in [-0.1, -0.05) is 83.4 Å². The minimum Gasteiger partial charge on any atom is -0.503 e. The van der Waals surface area contributed by atoms with E-state index < -0.39 is 65.8 Å². The highest BCUT2D eigenvalue weighted by Crippen LogP contribution is 2.65. The maximum atomic E-state index is 15.4. The van der Waals surface area contributed by atoms with Gasteiger partial charge in [-0.2, -0.15) is 0 Å². The first-order valence-electron chi connectivity index (χ1n) is 16.8. The summed E-state index contributed by atoms with van der Waals surface area (Å²) in [6, 6.07) is 24.7. The third-order valence-electron chi connectivity index (χ3n) is 11.2. The molecular formula is C39H31BCl2N2O8. The first kappa shape index (κ1) is 34.2. The lowest BCUT2D eigenvalue weighted by Crippen LogP contribution is -2.53. The van der Waals surface area contributed by atoms with Gasteiger partial charge >= 0.3 is 7.12 Å². The summed E-state index contributed by atoms with van der Waals surface area (Å²) in [5, 5.41) is 30.7. The lowest BCUT2D eigenvalue weighted by molar-refractivity contribution is -0.127. The van der Waals surface area contributed by atoms with E-state index in [9.17, 15) is 29.5 Å². The van der Waals surface area contributed by atoms with Crippen LogP contribution in [0.15, 0.2) is 103 Å². The molecule has 52 heavy (non-hydrogen) atoms. The first-order valence-corrected chi connectivity index (χ1v) is 17.5. The Morgan fingerprint density at radius 1 is 0.808 bits per heavy atom. The van der Waals surface area contributed by atoms with Gasteiger partial charge in [-0.3, -0.25) is 24.1 Å². The van der Waals surface area contributed by atoms with Crippen molar-refractivity contribution >= 4 is 70.8 Å². The van der Waals surface area contributed by atoms with Gasteiger partial charge in [0.25, 0.3) is 0 Å². The zero-order valence-electron chi connectivity index (χ0n) is 27.6. The van der Waals surface area contributed by atoms with Crippen molar-refractivity contribution in [2.24, 2.45) is 23.7 Å². The van der Waals surface area contributed by atoms with E-state index in [1.807, 2.05) is 24.3 Å². The van der Waals surface area contributed by atoms with Gasteiger partial charge in [0, 0.05) is 10.9 Å². The Labute approximate surface area is 309 Å². The number of benzene rings is 4. The molecular weight excluding hydrogens is 706 g/mol. The molecule has 2 saturated heterocycles. The molecule has 0 aromatic heterocycles. The number of halogens is 2. The van der Waals surface area contributed by atoms with E-state index in [0.717, 1.165) is 4.90 Å². The molecule has 3 fully saturated rings. The number of phenolic OH excluding ortho intramolecular Hbond substituents is 1. The van der Waals surface area contributed by atoms with Crippen LogP contribution in [0.2, 0.25) is 10.0 Å². The van der Waals surface area contributed by atoms with Crippen LogP contribution in [0.5, 0.6) is 11.5 Å². The fourth-order valence-corrected chi connectivity index (χ4v) is 9.52. The number of ether oxygens (including phenoxy) is 1. The molecule has 2 heterocycles. The van der Waals surface area contributed by atoms with Gasteiger partial charge in [-0.25, -0.2) is 4.90 Å². The Bertz CT molecular complexity index is 2210. The molecule has 10 nitrogen and oxygen atoms in total. The zero-order chi connectivity index (χ0) is 36.6. The van der Waals surface area contributed by atoms with Gasteiger partial charge in [0.05, 0.1) is 46.7 Å². The van der Waals surface area contributed by atoms with E-state index >= 15 is 4.79 Å².